The molecule has 2 aromatic carbocycles. The number of rotatable bonds is 4. The van der Waals surface area contributed by atoms with Crippen molar-refractivity contribution in [2.24, 2.45) is 0 Å². The van der Waals surface area contributed by atoms with Crippen molar-refractivity contribution in [3.8, 4) is 0 Å². The predicted molar refractivity (Wildman–Crippen MR) is 112 cm³/mol. The van der Waals surface area contributed by atoms with Crippen molar-refractivity contribution in [1.29, 1.82) is 0 Å². The average Bonchev–Trinajstić information content (AvgIpc) is 2.87. The molecule has 0 aliphatic carbocycles. The molecule has 1 aromatic heterocycles. The van der Waals surface area contributed by atoms with Gasteiger partial charge in [0.1, 0.15) is 0 Å². The zero-order chi connectivity index (χ0) is 18.0. The second kappa shape index (κ2) is 7.65. The molecule has 6 heteroatoms. The number of benzene rings is 2. The van der Waals surface area contributed by atoms with Gasteiger partial charge >= 0.3 is 0 Å². The molecular formula is C19H19Cl2N3S. The van der Waals surface area contributed by atoms with E-state index in [0.717, 1.165) is 50.9 Å². The van der Waals surface area contributed by atoms with Crippen molar-refractivity contribution < 1.29 is 0 Å². The van der Waals surface area contributed by atoms with Crippen LogP contribution >= 0.6 is 35.4 Å². The van der Waals surface area contributed by atoms with Gasteiger partial charge in [0.05, 0.1) is 0 Å². The first kappa shape index (κ1) is 18.1. The van der Waals surface area contributed by atoms with Crippen LogP contribution in [-0.4, -0.2) is 16.6 Å². The Balaban J connectivity index is 1.63. The molecule has 0 aliphatic heterocycles. The van der Waals surface area contributed by atoms with Gasteiger partial charge in [0.25, 0.3) is 0 Å². The number of hydrogen-bond donors (Lipinski definition) is 3. The molecule has 0 saturated carbocycles. The van der Waals surface area contributed by atoms with Gasteiger partial charge in [-0.05, 0) is 73.9 Å². The van der Waals surface area contributed by atoms with E-state index in [1.54, 1.807) is 0 Å². The molecule has 130 valence electrons. The van der Waals surface area contributed by atoms with Gasteiger partial charge < -0.3 is 15.6 Å². The number of halogens is 2. The topological polar surface area (TPSA) is 39.9 Å². The van der Waals surface area contributed by atoms with E-state index in [0.29, 0.717) is 5.11 Å². The molecule has 1 heterocycles. The number of anilines is 1. The van der Waals surface area contributed by atoms with Crippen molar-refractivity contribution in [2.45, 2.75) is 20.3 Å². The molecule has 3 nitrogen and oxygen atoms in total. The fraction of sp³-hybridized carbons (Fsp3) is 0.211. The molecule has 0 bridgehead atoms. The predicted octanol–water partition coefficient (Wildman–Crippen LogP) is 5.62. The molecule has 0 fully saturated rings. The van der Waals surface area contributed by atoms with Crippen LogP contribution in [0.15, 0.2) is 36.4 Å². The fourth-order valence-electron chi connectivity index (χ4n) is 2.89. The minimum atomic E-state index is 0.584. The highest BCUT2D eigenvalue weighted by molar-refractivity contribution is 7.80. The standard InChI is InChI=1S/C19H19Cl2N3S/c1-11-16(21)4-3-5-17(11)24-19(25)22-9-8-14-12(2)23-18-7-6-13(20)10-15(14)18/h3-7,10,23H,8-9H2,1-2H3,(H2,22,24,25). The molecule has 25 heavy (non-hydrogen) atoms. The summed E-state index contributed by atoms with van der Waals surface area (Å²) in [4.78, 5) is 3.40. The monoisotopic (exact) mass is 391 g/mol. The van der Waals surface area contributed by atoms with Crippen LogP contribution in [0.25, 0.3) is 10.9 Å². The van der Waals surface area contributed by atoms with Gasteiger partial charge in [0.15, 0.2) is 5.11 Å². The highest BCUT2D eigenvalue weighted by Crippen LogP contribution is 2.26. The molecule has 0 spiro atoms. The van der Waals surface area contributed by atoms with Gasteiger partial charge in [-0.3, -0.25) is 0 Å². The molecule has 0 radical (unpaired) electrons. The first-order valence-corrected chi connectivity index (χ1v) is 9.19. The third-order valence-electron chi connectivity index (χ3n) is 4.26. The van der Waals surface area contributed by atoms with E-state index in [-0.39, 0.29) is 0 Å². The van der Waals surface area contributed by atoms with Crippen molar-refractivity contribution in [1.82, 2.24) is 10.3 Å². The molecular weight excluding hydrogens is 373 g/mol. The summed E-state index contributed by atoms with van der Waals surface area (Å²) in [7, 11) is 0. The molecule has 0 saturated heterocycles. The van der Waals surface area contributed by atoms with Crippen LogP contribution in [0, 0.1) is 13.8 Å². The summed E-state index contributed by atoms with van der Waals surface area (Å²) in [5, 5.41) is 9.67. The van der Waals surface area contributed by atoms with Crippen molar-refractivity contribution >= 4 is 57.1 Å². The van der Waals surface area contributed by atoms with Gasteiger partial charge in [-0.15, -0.1) is 0 Å². The Labute approximate surface area is 162 Å². The number of thiocarbonyl (C=S) groups is 1. The number of aromatic nitrogens is 1. The average molecular weight is 392 g/mol. The quantitative estimate of drug-likeness (QED) is 0.505. The van der Waals surface area contributed by atoms with Gasteiger partial charge in [-0.2, -0.15) is 0 Å². The summed E-state index contributed by atoms with van der Waals surface area (Å²) in [6.07, 6.45) is 0.850. The second-order valence-corrected chi connectivity index (χ2v) is 7.21. The van der Waals surface area contributed by atoms with Crippen molar-refractivity contribution in [3.05, 3.63) is 63.3 Å². The maximum atomic E-state index is 6.14. The summed E-state index contributed by atoms with van der Waals surface area (Å²) in [5.41, 5.74) is 5.41. The molecule has 0 atom stereocenters. The Morgan fingerprint density at radius 3 is 2.76 bits per heavy atom. The minimum absolute atomic E-state index is 0.584. The van der Waals surface area contributed by atoms with Gasteiger partial charge in [0.2, 0.25) is 0 Å². The van der Waals surface area contributed by atoms with E-state index in [1.165, 1.54) is 5.56 Å². The lowest BCUT2D eigenvalue weighted by Crippen LogP contribution is -2.30. The Bertz CT molecular complexity index is 934. The number of nitrogens with one attached hydrogen (secondary N) is 3. The summed E-state index contributed by atoms with van der Waals surface area (Å²) in [6, 6.07) is 11.6. The SMILES string of the molecule is Cc1[nH]c2ccc(Cl)cc2c1CCNC(=S)Nc1cccc(Cl)c1C. The van der Waals surface area contributed by atoms with E-state index < -0.39 is 0 Å². The lowest BCUT2D eigenvalue weighted by Gasteiger charge is -2.13. The second-order valence-electron chi connectivity index (χ2n) is 5.96. The van der Waals surface area contributed by atoms with Crippen LogP contribution in [0.1, 0.15) is 16.8 Å². The van der Waals surface area contributed by atoms with E-state index >= 15 is 0 Å². The van der Waals surface area contributed by atoms with E-state index in [1.807, 2.05) is 43.3 Å². The fourth-order valence-corrected chi connectivity index (χ4v) is 3.45. The van der Waals surface area contributed by atoms with Crippen molar-refractivity contribution in [2.75, 3.05) is 11.9 Å². The van der Waals surface area contributed by atoms with Gasteiger partial charge in [0, 0.05) is 38.9 Å². The Morgan fingerprint density at radius 1 is 1.16 bits per heavy atom. The summed E-state index contributed by atoms with van der Waals surface area (Å²) < 4.78 is 0. The number of aryl methyl sites for hydroxylation is 1. The molecule has 0 amide bonds. The first-order valence-electron chi connectivity index (χ1n) is 8.02. The third kappa shape index (κ3) is 4.09. The number of hydrogen-bond acceptors (Lipinski definition) is 1. The number of aromatic amines is 1. The van der Waals surface area contributed by atoms with E-state index in [9.17, 15) is 0 Å². The van der Waals surface area contributed by atoms with Crippen molar-refractivity contribution in [3.63, 3.8) is 0 Å². The zero-order valence-corrected chi connectivity index (χ0v) is 16.4. The van der Waals surface area contributed by atoms with E-state index in [4.69, 9.17) is 35.4 Å². The van der Waals surface area contributed by atoms with Gasteiger partial charge in [-0.1, -0.05) is 29.3 Å². The number of fused-ring (bicyclic) bond motifs is 1. The first-order chi connectivity index (χ1) is 12.0. The minimum Gasteiger partial charge on any atom is -0.362 e. The zero-order valence-electron chi connectivity index (χ0n) is 14.0. The van der Waals surface area contributed by atoms with Crippen LogP contribution in [0.5, 0.6) is 0 Å². The van der Waals surface area contributed by atoms with Crippen LogP contribution in [0.3, 0.4) is 0 Å². The highest BCUT2D eigenvalue weighted by atomic mass is 35.5. The largest absolute Gasteiger partial charge is 0.362 e. The van der Waals surface area contributed by atoms with Crippen LogP contribution < -0.4 is 10.6 Å². The Kier molecular flexibility index (Phi) is 5.52. The maximum absolute atomic E-state index is 6.14. The van der Waals surface area contributed by atoms with Crippen LogP contribution in [-0.2, 0) is 6.42 Å². The number of H-pyrrole nitrogens is 1. The Hall–Kier alpha value is -1.75. The molecule has 3 rings (SSSR count). The van der Waals surface area contributed by atoms with Crippen LogP contribution in [0.2, 0.25) is 10.0 Å². The summed E-state index contributed by atoms with van der Waals surface area (Å²) >= 11 is 17.7. The normalized spacial score (nSPS) is 10.9. The van der Waals surface area contributed by atoms with Crippen LogP contribution in [0.4, 0.5) is 5.69 Å². The smallest absolute Gasteiger partial charge is 0.170 e. The lowest BCUT2D eigenvalue weighted by molar-refractivity contribution is 0.871. The van der Waals surface area contributed by atoms with E-state index in [2.05, 4.69) is 22.5 Å². The van der Waals surface area contributed by atoms with Gasteiger partial charge in [-0.25, -0.2) is 0 Å². The maximum Gasteiger partial charge on any atom is 0.170 e. The highest BCUT2D eigenvalue weighted by Gasteiger charge is 2.09. The molecule has 3 aromatic rings. The third-order valence-corrected chi connectivity index (χ3v) is 5.15. The lowest BCUT2D eigenvalue weighted by atomic mass is 10.1. The molecule has 3 N–H and O–H groups in total. The summed E-state index contributed by atoms with van der Waals surface area (Å²) in [6.45, 7) is 4.77. The summed E-state index contributed by atoms with van der Waals surface area (Å²) in [5.74, 6) is 0. The Morgan fingerprint density at radius 2 is 1.96 bits per heavy atom. The molecule has 0 aliphatic rings. The molecule has 0 unspecified atom stereocenters.